The van der Waals surface area contributed by atoms with Gasteiger partial charge < -0.3 is 5.73 Å². The highest BCUT2D eigenvalue weighted by atomic mass is 35.5. The Hall–Kier alpha value is -1.07. The van der Waals surface area contributed by atoms with E-state index in [2.05, 4.69) is 0 Å². The molecule has 0 fully saturated rings. The van der Waals surface area contributed by atoms with E-state index in [1.807, 2.05) is 6.92 Å². The molecule has 4 nitrogen and oxygen atoms in total. The normalized spacial score (nSPS) is 13.2. The molecule has 0 saturated carbocycles. The topological polar surface area (TPSA) is 77.2 Å². The molecule has 1 aromatic carbocycles. The number of carbonyl (C=O) groups is 1. The molecule has 0 spiro atoms. The molecule has 0 aliphatic carbocycles. The minimum atomic E-state index is -3.72. The molecule has 100 valence electrons. The van der Waals surface area contributed by atoms with E-state index < -0.39 is 21.0 Å². The lowest BCUT2D eigenvalue weighted by Crippen LogP contribution is -2.35. The molecule has 1 unspecified atom stereocenters. The molecule has 2 N–H and O–H groups in total. The van der Waals surface area contributed by atoms with E-state index in [0.29, 0.717) is 11.4 Å². The Kier molecular flexibility index (Phi) is 5.16. The van der Waals surface area contributed by atoms with Gasteiger partial charge in [-0.2, -0.15) is 0 Å². The zero-order chi connectivity index (χ0) is 13.8. The minimum absolute atomic E-state index is 0.0757. The van der Waals surface area contributed by atoms with E-state index in [0.717, 1.165) is 6.42 Å². The maximum Gasteiger partial charge on any atom is 0.236 e. The molecule has 6 heteroatoms. The van der Waals surface area contributed by atoms with Crippen LogP contribution in [0.2, 0.25) is 5.02 Å². The molecule has 0 saturated heterocycles. The summed E-state index contributed by atoms with van der Waals surface area (Å²) in [6.45, 7) is 1.92. The largest absolute Gasteiger partial charge is 0.369 e. The smallest absolute Gasteiger partial charge is 0.236 e. The van der Waals surface area contributed by atoms with E-state index >= 15 is 0 Å². The first-order valence-corrected chi connectivity index (χ1v) is 7.60. The summed E-state index contributed by atoms with van der Waals surface area (Å²) in [5.74, 6) is -0.807. The van der Waals surface area contributed by atoms with Gasteiger partial charge in [0.05, 0.1) is 4.90 Å². The van der Waals surface area contributed by atoms with Gasteiger partial charge in [-0.3, -0.25) is 4.79 Å². The van der Waals surface area contributed by atoms with Crippen LogP contribution in [0.3, 0.4) is 0 Å². The van der Waals surface area contributed by atoms with Gasteiger partial charge in [-0.15, -0.1) is 0 Å². The number of carbonyl (C=O) groups excluding carboxylic acids is 1. The van der Waals surface area contributed by atoms with Crippen LogP contribution in [0.15, 0.2) is 29.2 Å². The van der Waals surface area contributed by atoms with Gasteiger partial charge in [0.2, 0.25) is 5.91 Å². The number of hydrogen-bond acceptors (Lipinski definition) is 3. The van der Waals surface area contributed by atoms with E-state index in [1.165, 1.54) is 24.3 Å². The van der Waals surface area contributed by atoms with Crippen molar-refractivity contribution in [1.29, 1.82) is 0 Å². The third kappa shape index (κ3) is 3.46. The van der Waals surface area contributed by atoms with Crippen LogP contribution in [-0.2, 0) is 14.6 Å². The van der Waals surface area contributed by atoms with Crippen LogP contribution in [0.4, 0.5) is 0 Å². The molecule has 18 heavy (non-hydrogen) atoms. The zero-order valence-corrected chi connectivity index (χ0v) is 11.7. The van der Waals surface area contributed by atoms with Crippen LogP contribution in [-0.4, -0.2) is 19.6 Å². The molecule has 1 rings (SSSR count). The Morgan fingerprint density at radius 1 is 1.33 bits per heavy atom. The van der Waals surface area contributed by atoms with E-state index in [1.54, 1.807) is 0 Å². The van der Waals surface area contributed by atoms with E-state index in [4.69, 9.17) is 17.3 Å². The van der Waals surface area contributed by atoms with Crippen molar-refractivity contribution in [2.75, 3.05) is 0 Å². The van der Waals surface area contributed by atoms with Crippen LogP contribution in [0, 0.1) is 0 Å². The number of nitrogens with two attached hydrogens (primary N) is 1. The summed E-state index contributed by atoms with van der Waals surface area (Å²) in [5, 5.41) is -0.725. The predicted octanol–water partition coefficient (Wildman–Crippen LogP) is 2.16. The maximum absolute atomic E-state index is 12.2. The summed E-state index contributed by atoms with van der Waals surface area (Å²) < 4.78 is 24.5. The second kappa shape index (κ2) is 6.20. The standard InChI is InChI=1S/C12H16ClNO3S/c1-2-3-4-11(12(14)15)18(16,17)10-7-5-9(13)6-8-10/h5-8,11H,2-4H2,1H3,(H2,14,15). The summed E-state index contributed by atoms with van der Waals surface area (Å²) in [6.07, 6.45) is 1.69. The van der Waals surface area contributed by atoms with Crippen molar-refractivity contribution < 1.29 is 13.2 Å². The van der Waals surface area contributed by atoms with Gasteiger partial charge >= 0.3 is 0 Å². The monoisotopic (exact) mass is 289 g/mol. The van der Waals surface area contributed by atoms with Crippen molar-refractivity contribution >= 4 is 27.3 Å². The molecule has 0 aliphatic heterocycles. The number of primary amides is 1. The van der Waals surface area contributed by atoms with E-state index in [-0.39, 0.29) is 11.3 Å². The molecular weight excluding hydrogens is 274 g/mol. The van der Waals surface area contributed by atoms with Gasteiger partial charge in [-0.25, -0.2) is 8.42 Å². The Morgan fingerprint density at radius 3 is 2.33 bits per heavy atom. The van der Waals surface area contributed by atoms with Gasteiger partial charge in [-0.1, -0.05) is 31.4 Å². The molecule has 1 aromatic rings. The SMILES string of the molecule is CCCCC(C(N)=O)S(=O)(=O)c1ccc(Cl)cc1. The van der Waals surface area contributed by atoms with Crippen LogP contribution in [0.25, 0.3) is 0 Å². The maximum atomic E-state index is 12.2. The predicted molar refractivity (Wildman–Crippen MR) is 71.1 cm³/mol. The minimum Gasteiger partial charge on any atom is -0.369 e. The van der Waals surface area contributed by atoms with Gasteiger partial charge in [0.15, 0.2) is 9.84 Å². The Morgan fingerprint density at radius 2 is 1.89 bits per heavy atom. The van der Waals surface area contributed by atoms with Crippen LogP contribution < -0.4 is 5.73 Å². The number of halogens is 1. The van der Waals surface area contributed by atoms with E-state index in [9.17, 15) is 13.2 Å². The first kappa shape index (κ1) is 15.0. The van der Waals surface area contributed by atoms with Crippen molar-refractivity contribution in [2.24, 2.45) is 5.73 Å². The Bertz CT molecular complexity index is 511. The Labute approximate surface area is 112 Å². The van der Waals surface area contributed by atoms with Gasteiger partial charge in [-0.05, 0) is 30.7 Å². The van der Waals surface area contributed by atoms with Crippen molar-refractivity contribution in [3.63, 3.8) is 0 Å². The highest BCUT2D eigenvalue weighted by Gasteiger charge is 2.31. The summed E-state index contributed by atoms with van der Waals surface area (Å²) in [5.41, 5.74) is 5.19. The molecule has 1 atom stereocenters. The number of hydrogen-bond donors (Lipinski definition) is 1. The fraction of sp³-hybridized carbons (Fsp3) is 0.417. The average molecular weight is 290 g/mol. The van der Waals surface area contributed by atoms with Crippen LogP contribution in [0.5, 0.6) is 0 Å². The summed E-state index contributed by atoms with van der Waals surface area (Å²) in [6, 6.07) is 5.73. The molecule has 0 radical (unpaired) electrons. The lowest BCUT2D eigenvalue weighted by molar-refractivity contribution is -0.117. The van der Waals surface area contributed by atoms with Crippen molar-refractivity contribution in [3.8, 4) is 0 Å². The quantitative estimate of drug-likeness (QED) is 0.872. The number of rotatable bonds is 6. The fourth-order valence-electron chi connectivity index (χ4n) is 1.63. The number of benzene rings is 1. The second-order valence-corrected chi connectivity index (χ2v) is 6.60. The number of amides is 1. The lowest BCUT2D eigenvalue weighted by atomic mass is 10.2. The first-order valence-electron chi connectivity index (χ1n) is 5.68. The molecule has 0 aliphatic rings. The average Bonchev–Trinajstić information content (AvgIpc) is 2.29. The third-order valence-electron chi connectivity index (χ3n) is 2.65. The highest BCUT2D eigenvalue weighted by Crippen LogP contribution is 2.21. The molecular formula is C12H16ClNO3S. The summed E-state index contributed by atoms with van der Waals surface area (Å²) in [4.78, 5) is 11.4. The van der Waals surface area contributed by atoms with Gasteiger partial charge in [0.25, 0.3) is 0 Å². The lowest BCUT2D eigenvalue weighted by Gasteiger charge is -2.14. The fourth-order valence-corrected chi connectivity index (χ4v) is 3.38. The van der Waals surface area contributed by atoms with Gasteiger partial charge in [0.1, 0.15) is 5.25 Å². The molecule has 0 aromatic heterocycles. The second-order valence-electron chi connectivity index (χ2n) is 4.03. The van der Waals surface area contributed by atoms with Gasteiger partial charge in [0, 0.05) is 5.02 Å². The number of sulfone groups is 1. The van der Waals surface area contributed by atoms with Crippen molar-refractivity contribution in [2.45, 2.75) is 36.3 Å². The summed E-state index contributed by atoms with van der Waals surface area (Å²) >= 11 is 5.70. The van der Waals surface area contributed by atoms with Crippen molar-refractivity contribution in [1.82, 2.24) is 0 Å². The zero-order valence-electron chi connectivity index (χ0n) is 10.1. The number of unbranched alkanes of at least 4 members (excludes halogenated alkanes) is 1. The summed E-state index contributed by atoms with van der Waals surface area (Å²) in [7, 11) is -3.72. The first-order chi connectivity index (χ1) is 8.39. The molecule has 0 heterocycles. The van der Waals surface area contributed by atoms with Crippen LogP contribution >= 0.6 is 11.6 Å². The highest BCUT2D eigenvalue weighted by molar-refractivity contribution is 7.92. The molecule has 1 amide bonds. The van der Waals surface area contributed by atoms with Crippen LogP contribution in [0.1, 0.15) is 26.2 Å². The molecule has 0 bridgehead atoms. The Balaban J connectivity index is 3.09. The third-order valence-corrected chi connectivity index (χ3v) is 5.05. The van der Waals surface area contributed by atoms with Crippen molar-refractivity contribution in [3.05, 3.63) is 29.3 Å².